The van der Waals surface area contributed by atoms with Gasteiger partial charge in [0.25, 0.3) is 0 Å². The van der Waals surface area contributed by atoms with E-state index < -0.39 is 0 Å². The molecule has 0 unspecified atom stereocenters. The minimum Gasteiger partial charge on any atom is -0.376 e. The number of aromatic nitrogens is 3. The Kier molecular flexibility index (Phi) is 3.70. The zero-order valence-corrected chi connectivity index (χ0v) is 11.7. The van der Waals surface area contributed by atoms with Crippen molar-refractivity contribution in [2.24, 2.45) is 0 Å². The van der Waals surface area contributed by atoms with Crippen LogP contribution in [0.4, 0.5) is 5.82 Å². The molecular weight excluding hydrogens is 260 g/mol. The molecule has 6 heteroatoms. The minimum absolute atomic E-state index is 0.602. The summed E-state index contributed by atoms with van der Waals surface area (Å²) in [6.45, 7) is 4.39. The highest BCUT2D eigenvalue weighted by atomic mass is 32.1. The van der Waals surface area contributed by atoms with Gasteiger partial charge in [-0.2, -0.15) is 0 Å². The van der Waals surface area contributed by atoms with E-state index in [9.17, 15) is 0 Å². The van der Waals surface area contributed by atoms with E-state index in [2.05, 4.69) is 27.2 Å². The minimum atomic E-state index is 0.602. The van der Waals surface area contributed by atoms with Crippen LogP contribution in [-0.2, 0) is 17.8 Å². The Labute approximate surface area is 116 Å². The first-order chi connectivity index (χ1) is 9.38. The third-order valence-electron chi connectivity index (χ3n) is 3.02. The smallest absolute Gasteiger partial charge is 0.173 e. The molecule has 1 aliphatic heterocycles. The van der Waals surface area contributed by atoms with E-state index in [0.717, 1.165) is 53.8 Å². The van der Waals surface area contributed by atoms with Crippen LogP contribution in [0.25, 0.3) is 10.7 Å². The molecule has 0 fully saturated rings. The summed E-state index contributed by atoms with van der Waals surface area (Å²) in [5.41, 5.74) is 4.01. The summed E-state index contributed by atoms with van der Waals surface area (Å²) in [6.07, 6.45) is 3.73. The van der Waals surface area contributed by atoms with Gasteiger partial charge in [-0.15, -0.1) is 11.3 Å². The van der Waals surface area contributed by atoms with Crippen LogP contribution < -0.4 is 5.32 Å². The largest absolute Gasteiger partial charge is 0.376 e. The molecule has 5 nitrogen and oxygen atoms in total. The van der Waals surface area contributed by atoms with Crippen molar-refractivity contribution in [3.63, 3.8) is 0 Å². The predicted molar refractivity (Wildman–Crippen MR) is 75.3 cm³/mol. The van der Waals surface area contributed by atoms with E-state index >= 15 is 0 Å². The first-order valence-corrected chi connectivity index (χ1v) is 7.36. The molecule has 0 radical (unpaired) electrons. The summed E-state index contributed by atoms with van der Waals surface area (Å²) in [4.78, 5) is 14.4. The standard InChI is InChI=1S/C13H16N4OS/c1-2-4-15-12-9-7-18-5-3-10(9)16-13(17-12)11-6-14-8-19-11/h6,8H,2-5,7H2,1H3,(H,15,16,17). The Hall–Kier alpha value is -1.53. The molecule has 0 saturated heterocycles. The molecule has 100 valence electrons. The number of ether oxygens (including phenoxy) is 1. The highest BCUT2D eigenvalue weighted by molar-refractivity contribution is 7.13. The van der Waals surface area contributed by atoms with Gasteiger partial charge in [0.05, 0.1) is 29.3 Å². The van der Waals surface area contributed by atoms with Crippen LogP contribution in [-0.4, -0.2) is 28.1 Å². The van der Waals surface area contributed by atoms with Gasteiger partial charge in [-0.1, -0.05) is 6.92 Å². The molecule has 0 spiro atoms. The van der Waals surface area contributed by atoms with Crippen LogP contribution in [0.1, 0.15) is 24.6 Å². The SMILES string of the molecule is CCCNc1nc(-c2cncs2)nc2c1COCC2. The van der Waals surface area contributed by atoms with Crippen LogP contribution in [0.3, 0.4) is 0 Å². The van der Waals surface area contributed by atoms with Crippen molar-refractivity contribution in [2.45, 2.75) is 26.4 Å². The fourth-order valence-corrected chi connectivity index (χ4v) is 2.61. The molecule has 1 aliphatic rings. The summed E-state index contributed by atoms with van der Waals surface area (Å²) in [7, 11) is 0. The molecule has 19 heavy (non-hydrogen) atoms. The number of hydrogen-bond acceptors (Lipinski definition) is 6. The van der Waals surface area contributed by atoms with Crippen molar-refractivity contribution in [1.82, 2.24) is 15.0 Å². The number of anilines is 1. The van der Waals surface area contributed by atoms with Crippen molar-refractivity contribution in [3.05, 3.63) is 23.0 Å². The molecule has 0 bridgehead atoms. The molecule has 0 amide bonds. The molecular formula is C13H16N4OS. The molecule has 3 heterocycles. The molecule has 0 atom stereocenters. The number of fused-ring (bicyclic) bond motifs is 1. The van der Waals surface area contributed by atoms with Gasteiger partial charge in [0.15, 0.2) is 5.82 Å². The molecule has 0 saturated carbocycles. The maximum atomic E-state index is 5.52. The van der Waals surface area contributed by atoms with Gasteiger partial charge in [0.1, 0.15) is 5.82 Å². The normalized spacial score (nSPS) is 14.2. The first-order valence-electron chi connectivity index (χ1n) is 6.48. The van der Waals surface area contributed by atoms with E-state index in [-0.39, 0.29) is 0 Å². The van der Waals surface area contributed by atoms with E-state index in [1.54, 1.807) is 16.8 Å². The molecule has 2 aromatic heterocycles. The highest BCUT2D eigenvalue weighted by Crippen LogP contribution is 2.27. The Morgan fingerprint density at radius 2 is 2.37 bits per heavy atom. The van der Waals surface area contributed by atoms with Crippen molar-refractivity contribution < 1.29 is 4.74 Å². The van der Waals surface area contributed by atoms with Gasteiger partial charge in [0.2, 0.25) is 0 Å². The molecule has 2 aromatic rings. The van der Waals surface area contributed by atoms with Gasteiger partial charge in [0, 0.05) is 24.7 Å². The van der Waals surface area contributed by atoms with Crippen molar-refractivity contribution in [3.8, 4) is 10.7 Å². The van der Waals surface area contributed by atoms with Gasteiger partial charge < -0.3 is 10.1 Å². The van der Waals surface area contributed by atoms with Gasteiger partial charge in [-0.05, 0) is 6.42 Å². The lowest BCUT2D eigenvalue weighted by atomic mass is 10.1. The predicted octanol–water partition coefficient (Wildman–Crippen LogP) is 2.49. The van der Waals surface area contributed by atoms with Crippen LogP contribution in [0.5, 0.6) is 0 Å². The maximum Gasteiger partial charge on any atom is 0.173 e. The fraction of sp³-hybridized carbons (Fsp3) is 0.462. The Morgan fingerprint density at radius 3 is 3.16 bits per heavy atom. The van der Waals surface area contributed by atoms with Crippen molar-refractivity contribution in [1.29, 1.82) is 0 Å². The summed E-state index contributed by atoms with van der Waals surface area (Å²) >= 11 is 1.56. The topological polar surface area (TPSA) is 59.9 Å². The van der Waals surface area contributed by atoms with Crippen LogP contribution in [0.15, 0.2) is 11.7 Å². The summed E-state index contributed by atoms with van der Waals surface area (Å²) in [5, 5.41) is 3.38. The van der Waals surface area contributed by atoms with Crippen molar-refractivity contribution in [2.75, 3.05) is 18.5 Å². The van der Waals surface area contributed by atoms with Crippen LogP contribution in [0.2, 0.25) is 0 Å². The monoisotopic (exact) mass is 276 g/mol. The maximum absolute atomic E-state index is 5.52. The Morgan fingerprint density at radius 1 is 1.42 bits per heavy atom. The van der Waals surface area contributed by atoms with E-state index in [4.69, 9.17) is 4.74 Å². The lowest BCUT2D eigenvalue weighted by Crippen LogP contribution is -2.17. The van der Waals surface area contributed by atoms with Crippen molar-refractivity contribution >= 4 is 17.2 Å². The quantitative estimate of drug-likeness (QED) is 0.929. The number of rotatable bonds is 4. The first kappa shape index (κ1) is 12.5. The lowest BCUT2D eigenvalue weighted by Gasteiger charge is -2.19. The second kappa shape index (κ2) is 5.63. The number of hydrogen-bond donors (Lipinski definition) is 1. The number of nitrogens with one attached hydrogen (secondary N) is 1. The zero-order chi connectivity index (χ0) is 13.1. The fourth-order valence-electron chi connectivity index (χ4n) is 2.06. The Bertz CT molecular complexity index is 556. The van der Waals surface area contributed by atoms with Gasteiger partial charge in [-0.3, -0.25) is 4.98 Å². The van der Waals surface area contributed by atoms with E-state index in [0.29, 0.717) is 6.61 Å². The van der Waals surface area contributed by atoms with E-state index in [1.165, 1.54) is 0 Å². The molecule has 1 N–H and O–H groups in total. The third kappa shape index (κ3) is 2.59. The second-order valence-corrected chi connectivity index (χ2v) is 5.30. The Balaban J connectivity index is 2.02. The summed E-state index contributed by atoms with van der Waals surface area (Å²) in [5.74, 6) is 1.68. The van der Waals surface area contributed by atoms with Crippen LogP contribution >= 0.6 is 11.3 Å². The zero-order valence-electron chi connectivity index (χ0n) is 10.8. The average molecular weight is 276 g/mol. The van der Waals surface area contributed by atoms with Gasteiger partial charge in [-0.25, -0.2) is 9.97 Å². The molecule has 3 rings (SSSR count). The molecule has 0 aliphatic carbocycles. The lowest BCUT2D eigenvalue weighted by molar-refractivity contribution is 0.109. The highest BCUT2D eigenvalue weighted by Gasteiger charge is 2.19. The van der Waals surface area contributed by atoms with E-state index in [1.807, 2.05) is 6.20 Å². The second-order valence-electron chi connectivity index (χ2n) is 4.42. The number of thiazole rings is 1. The molecule has 0 aromatic carbocycles. The third-order valence-corrected chi connectivity index (χ3v) is 3.79. The summed E-state index contributed by atoms with van der Waals surface area (Å²) in [6, 6.07) is 0. The summed E-state index contributed by atoms with van der Waals surface area (Å²) < 4.78 is 5.52. The average Bonchev–Trinajstić information content (AvgIpc) is 2.98. The van der Waals surface area contributed by atoms with Crippen LogP contribution in [0, 0.1) is 0 Å². The number of nitrogens with zero attached hydrogens (tertiary/aromatic N) is 3. The van der Waals surface area contributed by atoms with Gasteiger partial charge >= 0.3 is 0 Å².